The number of hydrogen-bond donors (Lipinski definition) is 2. The summed E-state index contributed by atoms with van der Waals surface area (Å²) >= 11 is 0. The van der Waals surface area contributed by atoms with Crippen LogP contribution in [0, 0.1) is 0 Å². The average Bonchev–Trinajstić information content (AvgIpc) is 2.38. The Morgan fingerprint density at radius 3 is 2.79 bits per heavy atom. The van der Waals surface area contributed by atoms with Crippen molar-refractivity contribution < 1.29 is 4.79 Å². The molecule has 0 aromatic heterocycles. The predicted molar refractivity (Wildman–Crippen MR) is 78.3 cm³/mol. The number of nitrogens with two attached hydrogens (primary N) is 2. The normalized spacial score (nSPS) is 19.7. The van der Waals surface area contributed by atoms with E-state index in [1.54, 1.807) is 12.1 Å². The Bertz CT molecular complexity index is 473. The monoisotopic (exact) mass is 262 g/mol. The number of primary amides is 1. The number of likely N-dealkylation sites (N-methyl/N-ethyl adjacent to an activating group) is 1. The van der Waals surface area contributed by atoms with Crippen molar-refractivity contribution in [2.75, 3.05) is 37.8 Å². The van der Waals surface area contributed by atoms with Crippen molar-refractivity contribution in [2.24, 2.45) is 5.73 Å². The van der Waals surface area contributed by atoms with Gasteiger partial charge in [-0.05, 0) is 39.1 Å². The van der Waals surface area contributed by atoms with Crippen molar-refractivity contribution in [1.82, 2.24) is 4.90 Å². The second-order valence-electron chi connectivity index (χ2n) is 5.31. The third kappa shape index (κ3) is 2.81. The Morgan fingerprint density at radius 1 is 1.42 bits per heavy atom. The van der Waals surface area contributed by atoms with Crippen LogP contribution in [-0.4, -0.2) is 44.0 Å². The topological polar surface area (TPSA) is 75.6 Å². The number of hydrogen-bond acceptors (Lipinski definition) is 4. The third-order valence-electron chi connectivity index (χ3n) is 3.78. The Balaban J connectivity index is 2.33. The number of rotatable bonds is 3. The third-order valence-corrected chi connectivity index (χ3v) is 3.78. The number of nitrogens with zero attached hydrogens (tertiary/aromatic N) is 2. The zero-order chi connectivity index (χ0) is 14.0. The lowest BCUT2D eigenvalue weighted by molar-refractivity contribution is 0.100. The molecule has 1 atom stereocenters. The van der Waals surface area contributed by atoms with Crippen LogP contribution in [0.25, 0.3) is 0 Å². The van der Waals surface area contributed by atoms with Gasteiger partial charge in [0.15, 0.2) is 0 Å². The first-order valence-electron chi connectivity index (χ1n) is 6.60. The van der Waals surface area contributed by atoms with Crippen LogP contribution in [0.5, 0.6) is 0 Å². The maximum Gasteiger partial charge on any atom is 0.250 e. The zero-order valence-electron chi connectivity index (χ0n) is 11.6. The van der Waals surface area contributed by atoms with Crippen molar-refractivity contribution in [2.45, 2.75) is 18.9 Å². The molecule has 2 rings (SSSR count). The van der Waals surface area contributed by atoms with E-state index < -0.39 is 5.91 Å². The summed E-state index contributed by atoms with van der Waals surface area (Å²) in [7, 11) is 4.16. The van der Waals surface area contributed by atoms with Crippen LogP contribution in [-0.2, 0) is 0 Å². The summed E-state index contributed by atoms with van der Waals surface area (Å²) in [5.74, 6) is -0.422. The van der Waals surface area contributed by atoms with Gasteiger partial charge in [0.05, 0.1) is 16.9 Å². The molecular formula is C14H22N4O. The van der Waals surface area contributed by atoms with Gasteiger partial charge in [-0.3, -0.25) is 4.79 Å². The van der Waals surface area contributed by atoms with E-state index in [4.69, 9.17) is 11.5 Å². The summed E-state index contributed by atoms with van der Waals surface area (Å²) < 4.78 is 0. The number of benzene rings is 1. The minimum atomic E-state index is -0.422. The van der Waals surface area contributed by atoms with E-state index in [0.29, 0.717) is 17.3 Å². The Kier molecular flexibility index (Phi) is 3.95. The fourth-order valence-electron chi connectivity index (χ4n) is 2.69. The quantitative estimate of drug-likeness (QED) is 0.794. The van der Waals surface area contributed by atoms with E-state index >= 15 is 0 Å². The molecular weight excluding hydrogens is 240 g/mol. The van der Waals surface area contributed by atoms with Crippen LogP contribution in [0.1, 0.15) is 23.2 Å². The van der Waals surface area contributed by atoms with Gasteiger partial charge in [0.25, 0.3) is 5.91 Å². The molecule has 1 aliphatic heterocycles. The first kappa shape index (κ1) is 13.7. The molecule has 19 heavy (non-hydrogen) atoms. The minimum Gasteiger partial charge on any atom is -0.397 e. The highest BCUT2D eigenvalue weighted by atomic mass is 16.1. The minimum absolute atomic E-state index is 0.422. The molecule has 0 radical (unpaired) electrons. The van der Waals surface area contributed by atoms with E-state index in [-0.39, 0.29) is 0 Å². The molecule has 5 heteroatoms. The molecule has 104 valence electrons. The Morgan fingerprint density at radius 2 is 2.16 bits per heavy atom. The molecule has 1 amide bonds. The number of anilines is 2. The average molecular weight is 262 g/mol. The molecule has 0 aliphatic carbocycles. The van der Waals surface area contributed by atoms with Crippen molar-refractivity contribution in [3.05, 3.63) is 23.8 Å². The van der Waals surface area contributed by atoms with E-state index in [1.165, 1.54) is 6.42 Å². The number of carbonyl (C=O) groups excluding carboxylic acids is 1. The molecule has 1 aliphatic rings. The highest BCUT2D eigenvalue weighted by Gasteiger charge is 2.25. The zero-order valence-corrected chi connectivity index (χ0v) is 11.6. The van der Waals surface area contributed by atoms with Gasteiger partial charge >= 0.3 is 0 Å². The summed E-state index contributed by atoms with van der Waals surface area (Å²) in [5.41, 5.74) is 13.4. The summed E-state index contributed by atoms with van der Waals surface area (Å²) in [5, 5.41) is 0. The lowest BCUT2D eigenvalue weighted by Crippen LogP contribution is -2.46. The van der Waals surface area contributed by atoms with Crippen LogP contribution in [0.4, 0.5) is 11.4 Å². The van der Waals surface area contributed by atoms with E-state index in [0.717, 1.165) is 25.2 Å². The van der Waals surface area contributed by atoms with Gasteiger partial charge in [-0.1, -0.05) is 6.07 Å². The SMILES string of the molecule is CN(C)C1CCCN(c2c(N)cccc2C(N)=O)C1. The van der Waals surface area contributed by atoms with Crippen LogP contribution < -0.4 is 16.4 Å². The van der Waals surface area contributed by atoms with Crippen molar-refractivity contribution in [3.63, 3.8) is 0 Å². The largest absolute Gasteiger partial charge is 0.397 e. The Labute approximate surface area is 114 Å². The van der Waals surface area contributed by atoms with E-state index in [2.05, 4.69) is 23.9 Å². The number of carbonyl (C=O) groups is 1. The van der Waals surface area contributed by atoms with Crippen LogP contribution >= 0.6 is 0 Å². The van der Waals surface area contributed by atoms with Gasteiger partial charge < -0.3 is 21.3 Å². The highest BCUT2D eigenvalue weighted by Crippen LogP contribution is 2.30. The second kappa shape index (κ2) is 5.48. The van der Waals surface area contributed by atoms with Crippen molar-refractivity contribution in [3.8, 4) is 0 Å². The molecule has 1 saturated heterocycles. The number of nitrogen functional groups attached to an aromatic ring is 1. The molecule has 1 heterocycles. The van der Waals surface area contributed by atoms with Crippen LogP contribution in [0.3, 0.4) is 0 Å². The van der Waals surface area contributed by atoms with Gasteiger partial charge in [0.1, 0.15) is 0 Å². The maximum atomic E-state index is 11.6. The van der Waals surface area contributed by atoms with Crippen LogP contribution in [0.15, 0.2) is 18.2 Å². The molecule has 0 saturated carbocycles. The predicted octanol–water partition coefficient (Wildman–Crippen LogP) is 0.898. The number of amides is 1. The van der Waals surface area contributed by atoms with Gasteiger partial charge in [0.2, 0.25) is 0 Å². The number of piperidine rings is 1. The lowest BCUT2D eigenvalue weighted by atomic mass is 10.0. The van der Waals surface area contributed by atoms with Gasteiger partial charge in [0, 0.05) is 19.1 Å². The molecule has 1 fully saturated rings. The summed E-state index contributed by atoms with van der Waals surface area (Å²) in [4.78, 5) is 16.0. The first-order valence-corrected chi connectivity index (χ1v) is 6.60. The standard InChI is InChI=1S/C14H22N4O/c1-17(2)10-5-4-8-18(9-10)13-11(14(16)19)6-3-7-12(13)15/h3,6-7,10H,4-5,8-9,15H2,1-2H3,(H2,16,19). The summed E-state index contributed by atoms with van der Waals surface area (Å²) in [6, 6.07) is 5.81. The van der Waals surface area contributed by atoms with Gasteiger partial charge in [-0.2, -0.15) is 0 Å². The van der Waals surface area contributed by atoms with Crippen LogP contribution in [0.2, 0.25) is 0 Å². The molecule has 1 aromatic rings. The Hall–Kier alpha value is -1.75. The van der Waals surface area contributed by atoms with Gasteiger partial charge in [-0.15, -0.1) is 0 Å². The molecule has 1 aromatic carbocycles. The summed E-state index contributed by atoms with van der Waals surface area (Å²) in [6.45, 7) is 1.79. The first-order chi connectivity index (χ1) is 9.00. The molecule has 4 N–H and O–H groups in total. The van der Waals surface area contributed by atoms with Crippen molar-refractivity contribution >= 4 is 17.3 Å². The summed E-state index contributed by atoms with van der Waals surface area (Å²) in [6.07, 6.45) is 2.26. The smallest absolute Gasteiger partial charge is 0.250 e. The van der Waals surface area contributed by atoms with E-state index in [1.807, 2.05) is 6.07 Å². The molecule has 1 unspecified atom stereocenters. The highest BCUT2D eigenvalue weighted by molar-refractivity contribution is 6.01. The number of para-hydroxylation sites is 1. The second-order valence-corrected chi connectivity index (χ2v) is 5.31. The lowest BCUT2D eigenvalue weighted by Gasteiger charge is -2.38. The molecule has 5 nitrogen and oxygen atoms in total. The molecule has 0 bridgehead atoms. The van der Waals surface area contributed by atoms with Gasteiger partial charge in [-0.25, -0.2) is 0 Å². The van der Waals surface area contributed by atoms with Crippen molar-refractivity contribution in [1.29, 1.82) is 0 Å². The maximum absolute atomic E-state index is 11.6. The fourth-order valence-corrected chi connectivity index (χ4v) is 2.69. The fraction of sp³-hybridized carbons (Fsp3) is 0.500. The molecule has 0 spiro atoms. The van der Waals surface area contributed by atoms with E-state index in [9.17, 15) is 4.79 Å².